The Kier molecular flexibility index (Phi) is 6.04. The van der Waals surface area contributed by atoms with Crippen LogP contribution in [0.15, 0.2) is 0 Å². The average Bonchev–Trinajstić information content (AvgIpc) is 2.27. The molecule has 19 heavy (non-hydrogen) atoms. The van der Waals surface area contributed by atoms with Crippen LogP contribution in [0.5, 0.6) is 0 Å². The molecule has 0 saturated carbocycles. The first kappa shape index (κ1) is 15.7. The van der Waals surface area contributed by atoms with Crippen LogP contribution in [-0.4, -0.2) is 55.5 Å². The van der Waals surface area contributed by atoms with E-state index in [0.29, 0.717) is 26.3 Å². The minimum Gasteiger partial charge on any atom is -0.444 e. The smallest absolute Gasteiger partial charge is 0.407 e. The lowest BCUT2D eigenvalue weighted by atomic mass is 10.2. The molecule has 0 bridgehead atoms. The van der Waals surface area contributed by atoms with E-state index < -0.39 is 11.7 Å². The summed E-state index contributed by atoms with van der Waals surface area (Å²) in [4.78, 5) is 22.9. The highest BCUT2D eigenvalue weighted by atomic mass is 16.6. The molecule has 2 amide bonds. The Morgan fingerprint density at radius 3 is 2.47 bits per heavy atom. The monoisotopic (exact) mass is 273 g/mol. The average molecular weight is 273 g/mol. The van der Waals surface area contributed by atoms with Crippen molar-refractivity contribution in [2.45, 2.75) is 32.8 Å². The van der Waals surface area contributed by atoms with Gasteiger partial charge in [-0.3, -0.25) is 10.2 Å². The third-order valence-electron chi connectivity index (χ3n) is 2.31. The first-order valence-corrected chi connectivity index (χ1v) is 6.46. The van der Waals surface area contributed by atoms with Crippen LogP contribution in [0.25, 0.3) is 0 Å². The van der Waals surface area contributed by atoms with Crippen molar-refractivity contribution in [3.63, 3.8) is 0 Å². The van der Waals surface area contributed by atoms with E-state index in [1.165, 1.54) is 0 Å². The first-order valence-electron chi connectivity index (χ1n) is 6.46. The Labute approximate surface area is 113 Å². The summed E-state index contributed by atoms with van der Waals surface area (Å²) in [7, 11) is 0. The van der Waals surface area contributed by atoms with Crippen LogP contribution in [0.4, 0.5) is 4.79 Å². The van der Waals surface area contributed by atoms with E-state index in [-0.39, 0.29) is 18.9 Å². The third kappa shape index (κ3) is 7.63. The van der Waals surface area contributed by atoms with Gasteiger partial charge in [-0.05, 0) is 20.8 Å². The molecule has 110 valence electrons. The van der Waals surface area contributed by atoms with Crippen LogP contribution in [0.3, 0.4) is 0 Å². The van der Waals surface area contributed by atoms with Crippen LogP contribution in [0.1, 0.15) is 27.2 Å². The van der Waals surface area contributed by atoms with E-state index in [4.69, 9.17) is 9.47 Å². The maximum absolute atomic E-state index is 11.6. The van der Waals surface area contributed by atoms with Gasteiger partial charge in [0.05, 0.1) is 13.2 Å². The van der Waals surface area contributed by atoms with Gasteiger partial charge in [-0.25, -0.2) is 9.80 Å². The Morgan fingerprint density at radius 2 is 1.89 bits per heavy atom. The fraction of sp³-hybridized carbons (Fsp3) is 0.833. The summed E-state index contributed by atoms with van der Waals surface area (Å²) in [5.41, 5.74) is 2.24. The molecule has 0 radical (unpaired) electrons. The number of nitrogens with one attached hydrogen (secondary N) is 2. The molecule has 0 spiro atoms. The Bertz CT molecular complexity index is 309. The van der Waals surface area contributed by atoms with Crippen molar-refractivity contribution in [3.05, 3.63) is 0 Å². The van der Waals surface area contributed by atoms with Crippen molar-refractivity contribution in [1.82, 2.24) is 15.8 Å². The number of ether oxygens (including phenoxy) is 2. The van der Waals surface area contributed by atoms with Crippen molar-refractivity contribution >= 4 is 12.0 Å². The van der Waals surface area contributed by atoms with Crippen molar-refractivity contribution in [2.75, 3.05) is 32.8 Å². The number of morpholine rings is 1. The van der Waals surface area contributed by atoms with Gasteiger partial charge in [-0.1, -0.05) is 0 Å². The molecule has 7 heteroatoms. The second-order valence-corrected chi connectivity index (χ2v) is 5.31. The summed E-state index contributed by atoms with van der Waals surface area (Å²) in [6.07, 6.45) is -0.289. The van der Waals surface area contributed by atoms with Gasteiger partial charge in [0.25, 0.3) is 0 Å². The molecule has 1 saturated heterocycles. The Morgan fingerprint density at radius 1 is 1.26 bits per heavy atom. The van der Waals surface area contributed by atoms with Gasteiger partial charge in [-0.2, -0.15) is 0 Å². The van der Waals surface area contributed by atoms with Crippen molar-refractivity contribution in [1.29, 1.82) is 0 Å². The number of amides is 2. The maximum Gasteiger partial charge on any atom is 0.407 e. The molecule has 7 nitrogen and oxygen atoms in total. The summed E-state index contributed by atoms with van der Waals surface area (Å²) in [6.45, 7) is 8.24. The number of rotatable bonds is 4. The van der Waals surface area contributed by atoms with Crippen LogP contribution in [0, 0.1) is 0 Å². The van der Waals surface area contributed by atoms with Gasteiger partial charge in [0.2, 0.25) is 5.91 Å². The lowest BCUT2D eigenvalue weighted by Crippen LogP contribution is -2.49. The molecule has 1 aliphatic rings. The number of nitrogens with zero attached hydrogens (tertiary/aromatic N) is 1. The van der Waals surface area contributed by atoms with E-state index in [1.54, 1.807) is 20.8 Å². The van der Waals surface area contributed by atoms with Crippen LogP contribution >= 0.6 is 0 Å². The van der Waals surface area contributed by atoms with Crippen LogP contribution in [0.2, 0.25) is 0 Å². The molecule has 0 unspecified atom stereocenters. The quantitative estimate of drug-likeness (QED) is 0.768. The molecule has 1 rings (SSSR count). The minimum absolute atomic E-state index is 0.127. The molecule has 1 heterocycles. The van der Waals surface area contributed by atoms with Gasteiger partial charge in [0, 0.05) is 26.1 Å². The molecule has 2 N–H and O–H groups in total. The highest BCUT2D eigenvalue weighted by Crippen LogP contribution is 2.06. The SMILES string of the molecule is CC(C)(C)OC(=O)NCCC(=O)NN1CCOCC1. The summed E-state index contributed by atoms with van der Waals surface area (Å²) in [6, 6.07) is 0. The predicted octanol–water partition coefficient (Wildman–Crippen LogP) is 0.265. The minimum atomic E-state index is -0.528. The fourth-order valence-electron chi connectivity index (χ4n) is 1.50. The number of hydrogen-bond acceptors (Lipinski definition) is 5. The molecule has 0 aromatic carbocycles. The van der Waals surface area contributed by atoms with Gasteiger partial charge in [0.1, 0.15) is 5.60 Å². The summed E-state index contributed by atoms with van der Waals surface area (Å²) >= 11 is 0. The standard InChI is InChI=1S/C12H23N3O4/c1-12(2,3)19-11(17)13-5-4-10(16)14-15-6-8-18-9-7-15/h4-9H2,1-3H3,(H,13,17)(H,14,16). The van der Waals surface area contributed by atoms with Crippen molar-refractivity contribution in [2.24, 2.45) is 0 Å². The van der Waals surface area contributed by atoms with Gasteiger partial charge in [-0.15, -0.1) is 0 Å². The zero-order valence-corrected chi connectivity index (χ0v) is 11.8. The molecule has 0 atom stereocenters. The van der Waals surface area contributed by atoms with Gasteiger partial charge >= 0.3 is 6.09 Å². The summed E-state index contributed by atoms with van der Waals surface area (Å²) in [5.74, 6) is -0.127. The molecular weight excluding hydrogens is 250 g/mol. The van der Waals surface area contributed by atoms with Gasteiger partial charge in [0.15, 0.2) is 0 Å². The number of hydrazine groups is 1. The molecule has 1 fully saturated rings. The number of hydrogen-bond donors (Lipinski definition) is 2. The van der Waals surface area contributed by atoms with Gasteiger partial charge < -0.3 is 14.8 Å². The Hall–Kier alpha value is -1.34. The van der Waals surface area contributed by atoms with Crippen molar-refractivity contribution < 1.29 is 19.1 Å². The van der Waals surface area contributed by atoms with E-state index in [2.05, 4.69) is 10.7 Å². The number of alkyl carbamates (subject to hydrolysis) is 1. The molecule has 0 aromatic rings. The normalized spacial score (nSPS) is 16.8. The van der Waals surface area contributed by atoms with Crippen molar-refractivity contribution in [3.8, 4) is 0 Å². The number of carbonyl (C=O) groups is 2. The second kappa shape index (κ2) is 7.30. The lowest BCUT2D eigenvalue weighted by Gasteiger charge is -2.27. The molecule has 1 aliphatic heterocycles. The number of carbonyl (C=O) groups excluding carboxylic acids is 2. The largest absolute Gasteiger partial charge is 0.444 e. The topological polar surface area (TPSA) is 79.9 Å². The van der Waals surface area contributed by atoms with E-state index >= 15 is 0 Å². The van der Waals surface area contributed by atoms with E-state index in [0.717, 1.165) is 0 Å². The van der Waals surface area contributed by atoms with Crippen LogP contribution < -0.4 is 10.7 Å². The molecule has 0 aromatic heterocycles. The summed E-state index contributed by atoms with van der Waals surface area (Å²) in [5, 5.41) is 4.36. The van der Waals surface area contributed by atoms with E-state index in [1.807, 2.05) is 5.01 Å². The molecular formula is C12H23N3O4. The van der Waals surface area contributed by atoms with E-state index in [9.17, 15) is 9.59 Å². The first-order chi connectivity index (χ1) is 8.87. The zero-order valence-electron chi connectivity index (χ0n) is 11.8. The van der Waals surface area contributed by atoms with Crippen LogP contribution in [-0.2, 0) is 14.3 Å². The summed E-state index contributed by atoms with van der Waals surface area (Å²) < 4.78 is 10.2. The zero-order chi connectivity index (χ0) is 14.3. The maximum atomic E-state index is 11.6. The molecule has 0 aliphatic carbocycles. The Balaban J connectivity index is 2.11. The predicted molar refractivity (Wildman–Crippen MR) is 69.4 cm³/mol. The second-order valence-electron chi connectivity index (χ2n) is 5.31. The highest BCUT2D eigenvalue weighted by Gasteiger charge is 2.16. The fourth-order valence-corrected chi connectivity index (χ4v) is 1.50. The highest BCUT2D eigenvalue weighted by molar-refractivity contribution is 5.76. The lowest BCUT2D eigenvalue weighted by molar-refractivity contribution is -0.127. The third-order valence-corrected chi connectivity index (χ3v) is 2.31.